The van der Waals surface area contributed by atoms with Crippen molar-refractivity contribution in [3.05, 3.63) is 95.1 Å². The maximum absolute atomic E-state index is 12.5. The summed E-state index contributed by atoms with van der Waals surface area (Å²) in [6, 6.07) is 22.7. The van der Waals surface area contributed by atoms with Gasteiger partial charge in [0.25, 0.3) is 11.8 Å². The standard InChI is InChI=1S/C22H17N3O2/c1-15-7-10-18(22(27)24-19-11-8-16(14-23)9-12-19)13-20(15)25-21(26)17-5-3-2-4-6-17/h2-13H,1H3,(H,24,27)(H,25,26). The Kier molecular flexibility index (Phi) is 5.29. The molecule has 0 fully saturated rings. The van der Waals surface area contributed by atoms with Crippen LogP contribution in [0.25, 0.3) is 0 Å². The summed E-state index contributed by atoms with van der Waals surface area (Å²) in [6.07, 6.45) is 0. The topological polar surface area (TPSA) is 82.0 Å². The molecule has 27 heavy (non-hydrogen) atoms. The van der Waals surface area contributed by atoms with Gasteiger partial charge in [-0.1, -0.05) is 24.3 Å². The molecule has 132 valence electrons. The number of carbonyl (C=O) groups is 2. The van der Waals surface area contributed by atoms with Crippen LogP contribution in [0.4, 0.5) is 11.4 Å². The third kappa shape index (κ3) is 4.39. The van der Waals surface area contributed by atoms with Gasteiger partial charge in [-0.2, -0.15) is 5.26 Å². The first kappa shape index (κ1) is 17.9. The fourth-order valence-electron chi connectivity index (χ4n) is 2.51. The molecular weight excluding hydrogens is 338 g/mol. The SMILES string of the molecule is Cc1ccc(C(=O)Nc2ccc(C#N)cc2)cc1NC(=O)c1ccccc1. The molecule has 5 heteroatoms. The second-order valence-corrected chi connectivity index (χ2v) is 5.99. The molecule has 0 atom stereocenters. The molecule has 3 aromatic rings. The predicted molar refractivity (Wildman–Crippen MR) is 105 cm³/mol. The molecule has 0 saturated carbocycles. The Balaban J connectivity index is 1.76. The van der Waals surface area contributed by atoms with Gasteiger partial charge in [0, 0.05) is 22.5 Å². The van der Waals surface area contributed by atoms with Gasteiger partial charge >= 0.3 is 0 Å². The van der Waals surface area contributed by atoms with Crippen LogP contribution < -0.4 is 10.6 Å². The lowest BCUT2D eigenvalue weighted by atomic mass is 10.1. The molecule has 0 aliphatic heterocycles. The van der Waals surface area contributed by atoms with E-state index in [1.165, 1.54) is 0 Å². The number of aryl methyl sites for hydroxylation is 1. The molecule has 3 aromatic carbocycles. The van der Waals surface area contributed by atoms with Crippen LogP contribution in [0.3, 0.4) is 0 Å². The first-order chi connectivity index (χ1) is 13.1. The van der Waals surface area contributed by atoms with Crippen LogP contribution in [-0.2, 0) is 0 Å². The van der Waals surface area contributed by atoms with Gasteiger partial charge in [-0.25, -0.2) is 0 Å². The highest BCUT2D eigenvalue weighted by molar-refractivity contribution is 6.07. The van der Waals surface area contributed by atoms with Crippen LogP contribution in [0.5, 0.6) is 0 Å². The number of amides is 2. The monoisotopic (exact) mass is 355 g/mol. The van der Waals surface area contributed by atoms with Crippen LogP contribution in [0.15, 0.2) is 72.8 Å². The summed E-state index contributed by atoms with van der Waals surface area (Å²) in [5.74, 6) is -0.529. The zero-order chi connectivity index (χ0) is 19.2. The second-order valence-electron chi connectivity index (χ2n) is 5.99. The van der Waals surface area contributed by atoms with Gasteiger partial charge in [0.15, 0.2) is 0 Å². The van der Waals surface area contributed by atoms with E-state index in [-0.39, 0.29) is 11.8 Å². The molecule has 5 nitrogen and oxygen atoms in total. The molecule has 0 bridgehead atoms. The van der Waals surface area contributed by atoms with Gasteiger partial charge in [0.05, 0.1) is 11.6 Å². The zero-order valence-corrected chi connectivity index (χ0v) is 14.7. The molecule has 0 aromatic heterocycles. The summed E-state index contributed by atoms with van der Waals surface area (Å²) in [5, 5.41) is 14.5. The molecule has 0 aliphatic carbocycles. The first-order valence-electron chi connectivity index (χ1n) is 8.35. The molecule has 2 amide bonds. The predicted octanol–water partition coefficient (Wildman–Crippen LogP) is 4.37. The third-order valence-electron chi connectivity index (χ3n) is 4.06. The average molecular weight is 355 g/mol. The van der Waals surface area contributed by atoms with Crippen LogP contribution >= 0.6 is 0 Å². The van der Waals surface area contributed by atoms with E-state index in [1.54, 1.807) is 66.7 Å². The number of hydrogen-bond acceptors (Lipinski definition) is 3. The summed E-state index contributed by atoms with van der Waals surface area (Å²) in [7, 11) is 0. The van der Waals surface area contributed by atoms with E-state index >= 15 is 0 Å². The van der Waals surface area contributed by atoms with Gasteiger partial charge in [-0.3, -0.25) is 9.59 Å². The summed E-state index contributed by atoms with van der Waals surface area (Å²) >= 11 is 0. The smallest absolute Gasteiger partial charge is 0.255 e. The van der Waals surface area contributed by atoms with E-state index in [0.717, 1.165) is 5.56 Å². The van der Waals surface area contributed by atoms with E-state index in [0.29, 0.717) is 28.1 Å². The molecule has 0 radical (unpaired) electrons. The number of carbonyl (C=O) groups excluding carboxylic acids is 2. The largest absolute Gasteiger partial charge is 0.322 e. The minimum Gasteiger partial charge on any atom is -0.322 e. The highest BCUT2D eigenvalue weighted by Crippen LogP contribution is 2.19. The first-order valence-corrected chi connectivity index (χ1v) is 8.35. The lowest BCUT2D eigenvalue weighted by molar-refractivity contribution is 0.101. The Hall–Kier alpha value is -3.91. The van der Waals surface area contributed by atoms with Crippen molar-refractivity contribution in [3.63, 3.8) is 0 Å². The van der Waals surface area contributed by atoms with Crippen LogP contribution in [-0.4, -0.2) is 11.8 Å². The number of hydrogen-bond donors (Lipinski definition) is 2. The van der Waals surface area contributed by atoms with Gasteiger partial charge < -0.3 is 10.6 Å². The van der Waals surface area contributed by atoms with E-state index in [1.807, 2.05) is 19.1 Å². The number of benzene rings is 3. The van der Waals surface area contributed by atoms with Crippen molar-refractivity contribution in [1.82, 2.24) is 0 Å². The highest BCUT2D eigenvalue weighted by Gasteiger charge is 2.11. The molecule has 3 rings (SSSR count). The molecule has 0 heterocycles. The van der Waals surface area contributed by atoms with Crippen molar-refractivity contribution in [2.45, 2.75) is 6.92 Å². The van der Waals surface area contributed by atoms with Crippen molar-refractivity contribution in [2.75, 3.05) is 10.6 Å². The molecule has 2 N–H and O–H groups in total. The average Bonchev–Trinajstić information content (AvgIpc) is 2.70. The number of nitrogens with one attached hydrogen (secondary N) is 2. The number of rotatable bonds is 4. The van der Waals surface area contributed by atoms with Gasteiger partial charge in [-0.05, 0) is 61.0 Å². The van der Waals surface area contributed by atoms with Crippen molar-refractivity contribution >= 4 is 23.2 Å². The minimum atomic E-state index is -0.296. The van der Waals surface area contributed by atoms with Gasteiger partial charge in [-0.15, -0.1) is 0 Å². The normalized spacial score (nSPS) is 9.93. The fourth-order valence-corrected chi connectivity index (χ4v) is 2.51. The van der Waals surface area contributed by atoms with Crippen molar-refractivity contribution in [3.8, 4) is 6.07 Å². The van der Waals surface area contributed by atoms with Crippen LogP contribution in [0, 0.1) is 18.3 Å². The molecule has 0 saturated heterocycles. The number of nitriles is 1. The Labute approximate surface area is 157 Å². The van der Waals surface area contributed by atoms with Crippen LogP contribution in [0.1, 0.15) is 31.8 Å². The Morgan fingerprint density at radius 2 is 1.48 bits per heavy atom. The Bertz CT molecular complexity index is 1020. The summed E-state index contributed by atoms with van der Waals surface area (Å²) in [4.78, 5) is 24.9. The third-order valence-corrected chi connectivity index (χ3v) is 4.06. The number of nitrogens with zero attached hydrogens (tertiary/aromatic N) is 1. The van der Waals surface area contributed by atoms with Crippen molar-refractivity contribution in [2.24, 2.45) is 0 Å². The Morgan fingerprint density at radius 1 is 0.815 bits per heavy atom. The summed E-state index contributed by atoms with van der Waals surface area (Å²) in [5.41, 5.74) is 3.52. The van der Waals surface area contributed by atoms with E-state index in [9.17, 15) is 9.59 Å². The van der Waals surface area contributed by atoms with Crippen molar-refractivity contribution < 1.29 is 9.59 Å². The van der Waals surface area contributed by atoms with Gasteiger partial charge in [0.1, 0.15) is 0 Å². The lowest BCUT2D eigenvalue weighted by Gasteiger charge is -2.11. The highest BCUT2D eigenvalue weighted by atomic mass is 16.2. The summed E-state index contributed by atoms with van der Waals surface area (Å²) in [6.45, 7) is 1.86. The Morgan fingerprint density at radius 3 is 2.15 bits per heavy atom. The molecular formula is C22H17N3O2. The van der Waals surface area contributed by atoms with E-state index in [2.05, 4.69) is 10.6 Å². The fraction of sp³-hybridized carbons (Fsp3) is 0.0455. The van der Waals surface area contributed by atoms with E-state index < -0.39 is 0 Å². The summed E-state index contributed by atoms with van der Waals surface area (Å²) < 4.78 is 0. The molecule has 0 aliphatic rings. The zero-order valence-electron chi connectivity index (χ0n) is 14.7. The van der Waals surface area contributed by atoms with Crippen LogP contribution in [0.2, 0.25) is 0 Å². The van der Waals surface area contributed by atoms with E-state index in [4.69, 9.17) is 5.26 Å². The number of anilines is 2. The maximum Gasteiger partial charge on any atom is 0.255 e. The maximum atomic E-state index is 12.5. The molecule has 0 spiro atoms. The quantitative estimate of drug-likeness (QED) is 0.729. The minimum absolute atomic E-state index is 0.233. The lowest BCUT2D eigenvalue weighted by Crippen LogP contribution is -2.15. The second kappa shape index (κ2) is 7.98. The van der Waals surface area contributed by atoms with Crippen molar-refractivity contribution in [1.29, 1.82) is 5.26 Å². The van der Waals surface area contributed by atoms with Gasteiger partial charge in [0.2, 0.25) is 0 Å². The molecule has 0 unspecified atom stereocenters.